The molecule has 0 aliphatic carbocycles. The van der Waals surface area contributed by atoms with Crippen molar-refractivity contribution in [2.24, 2.45) is 0 Å². The van der Waals surface area contributed by atoms with E-state index in [1.165, 1.54) is 37.5 Å². The van der Waals surface area contributed by atoms with E-state index in [2.05, 4.69) is 10.3 Å². The van der Waals surface area contributed by atoms with Crippen LogP contribution >= 0.6 is 34.5 Å². The fourth-order valence-corrected chi connectivity index (χ4v) is 3.80. The number of thiazole rings is 1. The maximum atomic E-state index is 12.2. The molecule has 0 saturated carbocycles. The van der Waals surface area contributed by atoms with Gasteiger partial charge in [-0.1, -0.05) is 34.5 Å². The van der Waals surface area contributed by atoms with Gasteiger partial charge in [0.2, 0.25) is 5.91 Å². The lowest BCUT2D eigenvalue weighted by Crippen LogP contribution is -2.07. The largest absolute Gasteiger partial charge is 0.495 e. The Morgan fingerprint density at radius 3 is 2.81 bits per heavy atom. The quantitative estimate of drug-likeness (QED) is 0.346. The summed E-state index contributed by atoms with van der Waals surface area (Å²) in [6.07, 6.45) is 2.81. The van der Waals surface area contributed by atoms with Crippen molar-refractivity contribution in [3.63, 3.8) is 0 Å². The third-order valence-corrected chi connectivity index (χ3v) is 4.90. The van der Waals surface area contributed by atoms with Gasteiger partial charge in [-0.15, -0.1) is 0 Å². The molecule has 0 bridgehead atoms. The van der Waals surface area contributed by atoms with E-state index in [1.54, 1.807) is 12.1 Å². The van der Waals surface area contributed by atoms with Crippen molar-refractivity contribution in [3.8, 4) is 5.75 Å². The van der Waals surface area contributed by atoms with Crippen LogP contribution in [-0.4, -0.2) is 22.9 Å². The van der Waals surface area contributed by atoms with Crippen LogP contribution in [0.25, 0.3) is 16.3 Å². The first-order valence-corrected chi connectivity index (χ1v) is 9.01. The van der Waals surface area contributed by atoms with Gasteiger partial charge in [0.15, 0.2) is 5.13 Å². The van der Waals surface area contributed by atoms with E-state index in [4.69, 9.17) is 27.9 Å². The molecule has 0 atom stereocenters. The number of fused-ring (bicyclic) bond motifs is 1. The Hall–Kier alpha value is -2.68. The summed E-state index contributed by atoms with van der Waals surface area (Å²) >= 11 is 13.2. The van der Waals surface area contributed by atoms with Gasteiger partial charge >= 0.3 is 0 Å². The van der Waals surface area contributed by atoms with Crippen LogP contribution in [0.15, 0.2) is 36.4 Å². The summed E-state index contributed by atoms with van der Waals surface area (Å²) in [7, 11) is 1.47. The lowest BCUT2D eigenvalue weighted by molar-refractivity contribution is -0.384. The second kappa shape index (κ2) is 7.91. The Morgan fingerprint density at radius 2 is 2.11 bits per heavy atom. The van der Waals surface area contributed by atoms with Gasteiger partial charge in [-0.05, 0) is 24.3 Å². The Labute approximate surface area is 167 Å². The molecular weight excluding hydrogens is 413 g/mol. The van der Waals surface area contributed by atoms with Crippen molar-refractivity contribution in [2.45, 2.75) is 0 Å². The number of nitro benzene ring substituents is 1. The zero-order chi connectivity index (χ0) is 19.6. The molecule has 3 rings (SSSR count). The summed E-state index contributed by atoms with van der Waals surface area (Å²) in [4.78, 5) is 26.7. The molecule has 1 heterocycles. The monoisotopic (exact) mass is 423 g/mol. The van der Waals surface area contributed by atoms with E-state index in [0.717, 1.165) is 11.3 Å². The minimum absolute atomic E-state index is 0.0335. The third-order valence-electron chi connectivity index (χ3n) is 3.47. The summed E-state index contributed by atoms with van der Waals surface area (Å²) in [5, 5.41) is 14.5. The smallest absolute Gasteiger partial charge is 0.270 e. The van der Waals surface area contributed by atoms with E-state index in [0.29, 0.717) is 36.7 Å². The SMILES string of the molecule is COc1c(Cl)cc(Cl)cc1/C=C/C(=O)Nc1nc2ccc([N+](=O)[O-])cc2s1. The minimum Gasteiger partial charge on any atom is -0.495 e. The van der Waals surface area contributed by atoms with Crippen LogP contribution in [0.3, 0.4) is 0 Å². The lowest BCUT2D eigenvalue weighted by atomic mass is 10.2. The highest BCUT2D eigenvalue weighted by Gasteiger charge is 2.12. The molecule has 0 aliphatic heterocycles. The molecule has 2 aromatic carbocycles. The molecular formula is C17H11Cl2N3O4S. The second-order valence-corrected chi connectivity index (χ2v) is 7.14. The van der Waals surface area contributed by atoms with Gasteiger partial charge in [-0.2, -0.15) is 0 Å². The van der Waals surface area contributed by atoms with Crippen molar-refractivity contribution >= 4 is 67.6 Å². The fourth-order valence-electron chi connectivity index (χ4n) is 2.31. The Bertz CT molecular complexity index is 1080. The maximum absolute atomic E-state index is 12.2. The molecule has 0 aliphatic rings. The van der Waals surface area contributed by atoms with Gasteiger partial charge in [-0.25, -0.2) is 4.98 Å². The first-order chi connectivity index (χ1) is 12.9. The number of carbonyl (C=O) groups is 1. The van der Waals surface area contributed by atoms with E-state index in [9.17, 15) is 14.9 Å². The number of rotatable bonds is 5. The van der Waals surface area contributed by atoms with Gasteiger partial charge in [0.25, 0.3) is 5.69 Å². The minimum atomic E-state index is -0.482. The number of aromatic nitrogens is 1. The summed E-state index contributed by atoms with van der Waals surface area (Å²) in [5.74, 6) is -0.0286. The number of halogens is 2. The van der Waals surface area contributed by atoms with Crippen molar-refractivity contribution < 1.29 is 14.5 Å². The molecule has 27 heavy (non-hydrogen) atoms. The van der Waals surface area contributed by atoms with E-state index in [1.807, 2.05) is 0 Å². The molecule has 0 unspecified atom stereocenters. The number of non-ortho nitro benzene ring substituents is 1. The van der Waals surface area contributed by atoms with Crippen LogP contribution in [0.4, 0.5) is 10.8 Å². The molecule has 138 valence electrons. The fraction of sp³-hybridized carbons (Fsp3) is 0.0588. The number of ether oxygens (including phenoxy) is 1. The van der Waals surface area contributed by atoms with Crippen LogP contribution in [0, 0.1) is 10.1 Å². The summed E-state index contributed by atoms with van der Waals surface area (Å²) in [6, 6.07) is 7.47. The number of nitro groups is 1. The Morgan fingerprint density at radius 1 is 1.33 bits per heavy atom. The first-order valence-electron chi connectivity index (χ1n) is 7.44. The summed E-state index contributed by atoms with van der Waals surface area (Å²) in [6.45, 7) is 0. The number of hydrogen-bond acceptors (Lipinski definition) is 6. The van der Waals surface area contributed by atoms with Crippen molar-refractivity contribution in [3.05, 3.63) is 62.1 Å². The normalized spacial score (nSPS) is 11.1. The Kier molecular flexibility index (Phi) is 5.59. The number of carbonyl (C=O) groups excluding carboxylic acids is 1. The summed E-state index contributed by atoms with van der Waals surface area (Å²) in [5.41, 5.74) is 1.08. The van der Waals surface area contributed by atoms with Crippen LogP contribution in [0.5, 0.6) is 5.75 Å². The van der Waals surface area contributed by atoms with Crippen LogP contribution in [0.2, 0.25) is 10.0 Å². The molecule has 0 radical (unpaired) electrons. The predicted molar refractivity (Wildman–Crippen MR) is 107 cm³/mol. The predicted octanol–water partition coefficient (Wildman–Crippen LogP) is 5.17. The molecule has 10 heteroatoms. The summed E-state index contributed by atoms with van der Waals surface area (Å²) < 4.78 is 5.82. The number of hydrogen-bond donors (Lipinski definition) is 1. The number of methoxy groups -OCH3 is 1. The molecule has 1 amide bonds. The van der Waals surface area contributed by atoms with Crippen LogP contribution in [-0.2, 0) is 4.79 Å². The van der Waals surface area contributed by atoms with Gasteiger partial charge < -0.3 is 4.74 Å². The first kappa shape index (κ1) is 19.1. The molecule has 3 aromatic rings. The molecule has 0 saturated heterocycles. The Balaban J connectivity index is 1.79. The molecule has 7 nitrogen and oxygen atoms in total. The van der Waals surface area contributed by atoms with Crippen LogP contribution in [0.1, 0.15) is 5.56 Å². The number of anilines is 1. The molecule has 0 spiro atoms. The second-order valence-electron chi connectivity index (χ2n) is 5.26. The topological polar surface area (TPSA) is 94.4 Å². The average Bonchev–Trinajstić information content (AvgIpc) is 3.00. The van der Waals surface area contributed by atoms with E-state index < -0.39 is 10.8 Å². The number of nitrogens with one attached hydrogen (secondary N) is 1. The van der Waals surface area contributed by atoms with Gasteiger partial charge in [0, 0.05) is 28.8 Å². The highest BCUT2D eigenvalue weighted by Crippen LogP contribution is 2.33. The molecule has 1 aromatic heterocycles. The highest BCUT2D eigenvalue weighted by atomic mass is 35.5. The van der Waals surface area contributed by atoms with Gasteiger partial charge in [-0.3, -0.25) is 20.2 Å². The highest BCUT2D eigenvalue weighted by molar-refractivity contribution is 7.22. The van der Waals surface area contributed by atoms with Crippen molar-refractivity contribution in [1.29, 1.82) is 0 Å². The standard InChI is InChI=1S/C17H11Cl2N3O4S/c1-26-16-9(6-10(18)7-12(16)19)2-5-15(23)21-17-20-13-4-3-11(22(24)25)8-14(13)27-17/h2-8H,1H3,(H,20,21,23)/b5-2+. The van der Waals surface area contributed by atoms with E-state index >= 15 is 0 Å². The number of benzene rings is 2. The molecule has 0 fully saturated rings. The van der Waals surface area contributed by atoms with E-state index in [-0.39, 0.29) is 5.69 Å². The lowest BCUT2D eigenvalue weighted by Gasteiger charge is -2.07. The van der Waals surface area contributed by atoms with Gasteiger partial charge in [0.05, 0.1) is 27.3 Å². The number of amides is 1. The average molecular weight is 424 g/mol. The zero-order valence-electron chi connectivity index (χ0n) is 13.7. The maximum Gasteiger partial charge on any atom is 0.270 e. The van der Waals surface area contributed by atoms with Crippen molar-refractivity contribution in [1.82, 2.24) is 4.98 Å². The number of nitrogens with zero attached hydrogens (tertiary/aromatic N) is 2. The van der Waals surface area contributed by atoms with Crippen molar-refractivity contribution in [2.75, 3.05) is 12.4 Å². The van der Waals surface area contributed by atoms with Gasteiger partial charge in [0.1, 0.15) is 5.75 Å². The third kappa shape index (κ3) is 4.36. The molecule has 1 N–H and O–H groups in total. The zero-order valence-corrected chi connectivity index (χ0v) is 16.1. The van der Waals surface area contributed by atoms with Crippen LogP contribution < -0.4 is 10.1 Å².